The lowest BCUT2D eigenvalue weighted by Gasteiger charge is -2.16. The van der Waals surface area contributed by atoms with Gasteiger partial charge in [0.2, 0.25) is 0 Å². The van der Waals surface area contributed by atoms with Crippen molar-refractivity contribution in [3.63, 3.8) is 0 Å². The molecule has 1 aromatic carbocycles. The van der Waals surface area contributed by atoms with Crippen LogP contribution in [-0.4, -0.2) is 44.1 Å². The van der Waals surface area contributed by atoms with Gasteiger partial charge < -0.3 is 14.8 Å². The molecule has 0 saturated carbocycles. The zero-order valence-electron chi connectivity index (χ0n) is 11.8. The molecule has 0 spiro atoms. The third kappa shape index (κ3) is 4.77. The Hall–Kier alpha value is -1.69. The highest BCUT2D eigenvalue weighted by Crippen LogP contribution is 2.13. The molecule has 0 heterocycles. The van der Waals surface area contributed by atoms with Gasteiger partial charge in [-0.2, -0.15) is 11.8 Å². The van der Waals surface area contributed by atoms with E-state index >= 15 is 0 Å². The highest BCUT2D eigenvalue weighted by atomic mass is 32.2. The highest BCUT2D eigenvalue weighted by Gasteiger charge is 2.21. The number of thioether (sulfide) groups is 1. The molecule has 0 aliphatic carbocycles. The predicted octanol–water partition coefficient (Wildman–Crippen LogP) is 1.72. The third-order valence-corrected chi connectivity index (χ3v) is 3.38. The first-order valence-corrected chi connectivity index (χ1v) is 7.53. The number of hydrogen-bond acceptors (Lipinski definition) is 5. The number of benzene rings is 1. The van der Waals surface area contributed by atoms with E-state index < -0.39 is 12.0 Å². The summed E-state index contributed by atoms with van der Waals surface area (Å²) in [6.45, 7) is 0. The van der Waals surface area contributed by atoms with Gasteiger partial charge >= 0.3 is 5.97 Å². The minimum atomic E-state index is -0.633. The number of carbonyl (C=O) groups excluding carboxylic acids is 2. The van der Waals surface area contributed by atoms with E-state index in [-0.39, 0.29) is 5.91 Å². The van der Waals surface area contributed by atoms with Crippen molar-refractivity contribution in [2.75, 3.05) is 26.2 Å². The van der Waals surface area contributed by atoms with Gasteiger partial charge in [-0.25, -0.2) is 4.79 Å². The van der Waals surface area contributed by atoms with Gasteiger partial charge in [0, 0.05) is 5.56 Å². The Morgan fingerprint density at radius 1 is 1.35 bits per heavy atom. The van der Waals surface area contributed by atoms with E-state index in [0.29, 0.717) is 17.7 Å². The summed E-state index contributed by atoms with van der Waals surface area (Å²) >= 11 is 1.61. The molecular weight excluding hydrogens is 278 g/mol. The Morgan fingerprint density at radius 3 is 2.70 bits per heavy atom. The summed E-state index contributed by atoms with van der Waals surface area (Å²) in [7, 11) is 2.85. The lowest BCUT2D eigenvalue weighted by molar-refractivity contribution is -0.142. The van der Waals surface area contributed by atoms with Gasteiger partial charge in [0.05, 0.1) is 14.2 Å². The number of nitrogens with one attached hydrogen (secondary N) is 1. The standard InChI is InChI=1S/C14H19NO4S/c1-18-11-6-4-5-10(9-11)13(16)15-12(7-8-20-3)14(17)19-2/h4-6,9,12H,7-8H2,1-3H3,(H,15,16)/t12-/m1/s1. The maximum Gasteiger partial charge on any atom is 0.328 e. The predicted molar refractivity (Wildman–Crippen MR) is 79.3 cm³/mol. The largest absolute Gasteiger partial charge is 0.497 e. The van der Waals surface area contributed by atoms with Crippen LogP contribution in [0.1, 0.15) is 16.8 Å². The van der Waals surface area contributed by atoms with Crippen LogP contribution in [0.4, 0.5) is 0 Å². The number of carbonyl (C=O) groups is 2. The Balaban J connectivity index is 2.75. The monoisotopic (exact) mass is 297 g/mol. The second-order valence-electron chi connectivity index (χ2n) is 4.06. The molecule has 1 amide bonds. The molecule has 1 aromatic rings. The van der Waals surface area contributed by atoms with Crippen LogP contribution >= 0.6 is 11.8 Å². The molecule has 20 heavy (non-hydrogen) atoms. The minimum Gasteiger partial charge on any atom is -0.497 e. The van der Waals surface area contributed by atoms with Crippen LogP contribution in [0.2, 0.25) is 0 Å². The summed E-state index contributed by atoms with van der Waals surface area (Å²) in [5.74, 6) is 0.602. The van der Waals surface area contributed by atoms with Gasteiger partial charge in [-0.1, -0.05) is 6.07 Å². The maximum atomic E-state index is 12.1. The van der Waals surface area contributed by atoms with Crippen LogP contribution in [0.3, 0.4) is 0 Å². The van der Waals surface area contributed by atoms with Crippen molar-refractivity contribution in [2.45, 2.75) is 12.5 Å². The summed E-state index contributed by atoms with van der Waals surface area (Å²) in [4.78, 5) is 23.8. The molecule has 0 saturated heterocycles. The molecule has 6 heteroatoms. The van der Waals surface area contributed by atoms with Crippen molar-refractivity contribution in [2.24, 2.45) is 0 Å². The van der Waals surface area contributed by atoms with Crippen molar-refractivity contribution in [1.82, 2.24) is 5.32 Å². The van der Waals surface area contributed by atoms with Gasteiger partial charge in [-0.05, 0) is 36.6 Å². The van der Waals surface area contributed by atoms with Gasteiger partial charge in [0.1, 0.15) is 11.8 Å². The van der Waals surface area contributed by atoms with E-state index in [9.17, 15) is 9.59 Å². The number of rotatable bonds is 7. The highest BCUT2D eigenvalue weighted by molar-refractivity contribution is 7.98. The molecule has 0 aromatic heterocycles. The smallest absolute Gasteiger partial charge is 0.328 e. The molecule has 1 atom stereocenters. The van der Waals surface area contributed by atoms with Crippen LogP contribution in [0.5, 0.6) is 5.75 Å². The van der Waals surface area contributed by atoms with Crippen molar-refractivity contribution in [3.8, 4) is 5.75 Å². The molecule has 0 fully saturated rings. The van der Waals surface area contributed by atoms with Crippen LogP contribution in [0, 0.1) is 0 Å². The molecule has 0 aliphatic rings. The molecule has 1 rings (SSSR count). The van der Waals surface area contributed by atoms with E-state index in [0.717, 1.165) is 5.75 Å². The van der Waals surface area contributed by atoms with Crippen LogP contribution in [-0.2, 0) is 9.53 Å². The molecule has 110 valence electrons. The van der Waals surface area contributed by atoms with Crippen LogP contribution < -0.4 is 10.1 Å². The number of ether oxygens (including phenoxy) is 2. The zero-order valence-corrected chi connectivity index (χ0v) is 12.7. The fourth-order valence-corrected chi connectivity index (χ4v) is 2.10. The second kappa shape index (κ2) is 8.47. The first-order valence-electron chi connectivity index (χ1n) is 6.14. The summed E-state index contributed by atoms with van der Waals surface area (Å²) in [6, 6.07) is 6.13. The lowest BCUT2D eigenvalue weighted by atomic mass is 10.1. The molecular formula is C14H19NO4S. The Morgan fingerprint density at radius 2 is 2.10 bits per heavy atom. The lowest BCUT2D eigenvalue weighted by Crippen LogP contribution is -2.41. The summed E-state index contributed by atoms with van der Waals surface area (Å²) in [6.07, 6.45) is 2.47. The van der Waals surface area contributed by atoms with E-state index in [1.165, 1.54) is 14.2 Å². The van der Waals surface area contributed by atoms with E-state index in [4.69, 9.17) is 9.47 Å². The normalized spacial score (nSPS) is 11.6. The van der Waals surface area contributed by atoms with E-state index in [1.54, 1.807) is 36.0 Å². The van der Waals surface area contributed by atoms with Gasteiger partial charge in [-0.15, -0.1) is 0 Å². The van der Waals surface area contributed by atoms with Gasteiger partial charge in [-0.3, -0.25) is 4.79 Å². The van der Waals surface area contributed by atoms with Gasteiger partial charge in [0.25, 0.3) is 5.91 Å². The fraction of sp³-hybridized carbons (Fsp3) is 0.429. The SMILES string of the molecule is COC(=O)[C@@H](CCSC)NC(=O)c1cccc(OC)c1. The van der Waals surface area contributed by atoms with Gasteiger partial charge in [0.15, 0.2) is 0 Å². The van der Waals surface area contributed by atoms with Crippen molar-refractivity contribution >= 4 is 23.6 Å². The fourth-order valence-electron chi connectivity index (χ4n) is 1.63. The number of hydrogen-bond donors (Lipinski definition) is 1. The first kappa shape index (κ1) is 16.4. The minimum absolute atomic E-state index is 0.319. The van der Waals surface area contributed by atoms with Crippen LogP contribution in [0.25, 0.3) is 0 Å². The van der Waals surface area contributed by atoms with Crippen molar-refractivity contribution in [1.29, 1.82) is 0 Å². The maximum absolute atomic E-state index is 12.1. The Kier molecular flexibility index (Phi) is 6.93. The molecule has 0 aliphatic heterocycles. The Bertz CT molecular complexity index is 464. The number of methoxy groups -OCH3 is 2. The van der Waals surface area contributed by atoms with Crippen molar-refractivity contribution in [3.05, 3.63) is 29.8 Å². The summed E-state index contributed by atoms with van der Waals surface area (Å²) < 4.78 is 9.77. The average molecular weight is 297 g/mol. The third-order valence-electron chi connectivity index (χ3n) is 2.73. The van der Waals surface area contributed by atoms with E-state index in [1.807, 2.05) is 6.26 Å². The molecule has 0 bridgehead atoms. The molecule has 5 nitrogen and oxygen atoms in total. The molecule has 0 unspecified atom stereocenters. The Labute approximate surface area is 123 Å². The topological polar surface area (TPSA) is 64.6 Å². The summed E-state index contributed by atoms with van der Waals surface area (Å²) in [5.41, 5.74) is 0.447. The molecule has 1 N–H and O–H groups in total. The average Bonchev–Trinajstić information content (AvgIpc) is 2.50. The number of esters is 1. The first-order chi connectivity index (χ1) is 9.62. The van der Waals surface area contributed by atoms with E-state index in [2.05, 4.69) is 5.32 Å². The van der Waals surface area contributed by atoms with Crippen LogP contribution in [0.15, 0.2) is 24.3 Å². The molecule has 0 radical (unpaired) electrons. The second-order valence-corrected chi connectivity index (χ2v) is 5.05. The zero-order chi connectivity index (χ0) is 15.0. The summed E-state index contributed by atoms with van der Waals surface area (Å²) in [5, 5.41) is 2.69. The van der Waals surface area contributed by atoms with Crippen molar-refractivity contribution < 1.29 is 19.1 Å². The quantitative estimate of drug-likeness (QED) is 0.776. The number of amides is 1.